The average Bonchev–Trinajstić information content (AvgIpc) is 2.55. The normalized spacial score (nSPS) is 10.5. The number of halogens is 1. The van der Waals surface area contributed by atoms with Crippen LogP contribution in [-0.2, 0) is 4.79 Å². The van der Waals surface area contributed by atoms with Crippen molar-refractivity contribution in [3.05, 3.63) is 64.1 Å². The summed E-state index contributed by atoms with van der Waals surface area (Å²) in [6.07, 6.45) is 3.09. The quantitative estimate of drug-likeness (QED) is 0.589. The van der Waals surface area contributed by atoms with Gasteiger partial charge in [-0.15, -0.1) is 0 Å². The lowest BCUT2D eigenvalue weighted by Gasteiger charge is -2.10. The fourth-order valence-electron chi connectivity index (χ4n) is 2.00. The van der Waals surface area contributed by atoms with Crippen LogP contribution in [0.4, 0.5) is 5.69 Å². The number of anilines is 1. The van der Waals surface area contributed by atoms with Crippen molar-refractivity contribution in [1.82, 2.24) is 5.32 Å². The standard InChI is InChI=1S/C18H17BrN2O2S/c1-12-7-9-15(14(19)11-12)20-18(24)21-17(22)10-8-13-5-3-4-6-16(13)23-2/h3-11H,1-2H3,(H2,20,21,22,24)/b10-8+. The Hall–Kier alpha value is -2.18. The van der Waals surface area contributed by atoms with Gasteiger partial charge in [-0.2, -0.15) is 0 Å². The van der Waals surface area contributed by atoms with Crippen LogP contribution >= 0.6 is 28.1 Å². The van der Waals surface area contributed by atoms with Crippen molar-refractivity contribution in [2.45, 2.75) is 6.92 Å². The zero-order valence-electron chi connectivity index (χ0n) is 13.3. The number of ether oxygens (including phenoxy) is 1. The van der Waals surface area contributed by atoms with Gasteiger partial charge in [0.05, 0.1) is 12.8 Å². The first-order valence-corrected chi connectivity index (χ1v) is 8.39. The van der Waals surface area contributed by atoms with E-state index >= 15 is 0 Å². The van der Waals surface area contributed by atoms with Gasteiger partial charge in [0.2, 0.25) is 5.91 Å². The Morgan fingerprint density at radius 2 is 2.00 bits per heavy atom. The number of hydrogen-bond donors (Lipinski definition) is 2. The van der Waals surface area contributed by atoms with Crippen molar-refractivity contribution in [2.24, 2.45) is 0 Å². The van der Waals surface area contributed by atoms with Crippen LogP contribution in [0.1, 0.15) is 11.1 Å². The third-order valence-corrected chi connectivity index (χ3v) is 4.02. The summed E-state index contributed by atoms with van der Waals surface area (Å²) < 4.78 is 6.11. The van der Waals surface area contributed by atoms with Gasteiger partial charge in [0, 0.05) is 16.1 Å². The first-order valence-electron chi connectivity index (χ1n) is 7.19. The van der Waals surface area contributed by atoms with E-state index in [0.717, 1.165) is 21.3 Å². The molecule has 0 unspecified atom stereocenters. The molecule has 2 rings (SSSR count). The summed E-state index contributed by atoms with van der Waals surface area (Å²) >= 11 is 8.62. The highest BCUT2D eigenvalue weighted by Gasteiger charge is 2.05. The minimum Gasteiger partial charge on any atom is -0.496 e. The molecule has 124 valence electrons. The van der Waals surface area contributed by atoms with Crippen molar-refractivity contribution in [2.75, 3.05) is 12.4 Å². The van der Waals surface area contributed by atoms with Gasteiger partial charge >= 0.3 is 0 Å². The lowest BCUT2D eigenvalue weighted by Crippen LogP contribution is -2.32. The molecular formula is C18H17BrN2O2S. The van der Waals surface area contributed by atoms with Crippen LogP contribution < -0.4 is 15.4 Å². The zero-order chi connectivity index (χ0) is 17.5. The predicted molar refractivity (Wildman–Crippen MR) is 105 cm³/mol. The Morgan fingerprint density at radius 1 is 1.25 bits per heavy atom. The van der Waals surface area contributed by atoms with Crippen molar-refractivity contribution < 1.29 is 9.53 Å². The summed E-state index contributed by atoms with van der Waals surface area (Å²) in [5.41, 5.74) is 2.73. The van der Waals surface area contributed by atoms with E-state index in [0.29, 0.717) is 5.75 Å². The molecule has 2 aromatic rings. The van der Waals surface area contributed by atoms with Crippen molar-refractivity contribution in [1.29, 1.82) is 0 Å². The minimum absolute atomic E-state index is 0.231. The van der Waals surface area contributed by atoms with Crippen LogP contribution in [0.15, 0.2) is 53.0 Å². The molecule has 0 aliphatic heterocycles. The number of amides is 1. The number of carbonyl (C=O) groups excluding carboxylic acids is 1. The van der Waals surface area contributed by atoms with E-state index in [1.165, 1.54) is 6.08 Å². The highest BCUT2D eigenvalue weighted by atomic mass is 79.9. The molecule has 0 heterocycles. The molecule has 0 aliphatic rings. The Kier molecular flexibility index (Phi) is 6.52. The van der Waals surface area contributed by atoms with E-state index in [-0.39, 0.29) is 11.0 Å². The van der Waals surface area contributed by atoms with Gasteiger partial charge in [-0.25, -0.2) is 0 Å². The van der Waals surface area contributed by atoms with Crippen LogP contribution in [-0.4, -0.2) is 18.1 Å². The first-order chi connectivity index (χ1) is 11.5. The first kappa shape index (κ1) is 18.2. The maximum Gasteiger partial charge on any atom is 0.250 e. The molecule has 1 amide bonds. The Labute approximate surface area is 155 Å². The second kappa shape index (κ2) is 8.61. The summed E-state index contributed by atoms with van der Waals surface area (Å²) in [6.45, 7) is 2.00. The third kappa shape index (κ3) is 5.18. The summed E-state index contributed by atoms with van der Waals surface area (Å²) in [6, 6.07) is 13.3. The maximum atomic E-state index is 12.0. The van der Waals surface area contributed by atoms with Crippen LogP contribution in [0, 0.1) is 6.92 Å². The zero-order valence-corrected chi connectivity index (χ0v) is 15.7. The highest BCUT2D eigenvalue weighted by molar-refractivity contribution is 9.10. The van der Waals surface area contributed by atoms with E-state index in [9.17, 15) is 4.79 Å². The predicted octanol–water partition coefficient (Wildman–Crippen LogP) is 4.29. The van der Waals surface area contributed by atoms with E-state index in [1.807, 2.05) is 49.4 Å². The number of hydrogen-bond acceptors (Lipinski definition) is 3. The van der Waals surface area contributed by atoms with Crippen molar-refractivity contribution >= 4 is 50.9 Å². The number of methoxy groups -OCH3 is 1. The maximum absolute atomic E-state index is 12.0. The Bertz CT molecular complexity index is 790. The minimum atomic E-state index is -0.318. The number of carbonyl (C=O) groups is 1. The average molecular weight is 405 g/mol. The monoisotopic (exact) mass is 404 g/mol. The van der Waals surface area contributed by atoms with Crippen molar-refractivity contribution in [3.63, 3.8) is 0 Å². The molecule has 0 aromatic heterocycles. The number of benzene rings is 2. The Balaban J connectivity index is 1.96. The number of rotatable bonds is 4. The van der Waals surface area contributed by atoms with Crippen LogP contribution in [0.5, 0.6) is 5.75 Å². The van der Waals surface area contributed by atoms with E-state index < -0.39 is 0 Å². The molecule has 2 aromatic carbocycles. The molecule has 4 nitrogen and oxygen atoms in total. The topological polar surface area (TPSA) is 50.4 Å². The van der Waals surface area contributed by atoms with Crippen LogP contribution in [0.2, 0.25) is 0 Å². The number of thiocarbonyl (C=S) groups is 1. The van der Waals surface area contributed by atoms with E-state index in [4.69, 9.17) is 17.0 Å². The van der Waals surface area contributed by atoms with E-state index in [2.05, 4.69) is 26.6 Å². The van der Waals surface area contributed by atoms with Crippen LogP contribution in [0.25, 0.3) is 6.08 Å². The molecule has 0 atom stereocenters. The van der Waals surface area contributed by atoms with Gasteiger partial charge in [0.1, 0.15) is 5.75 Å². The molecule has 0 saturated carbocycles. The summed E-state index contributed by atoms with van der Waals surface area (Å²) in [7, 11) is 1.59. The lowest BCUT2D eigenvalue weighted by molar-refractivity contribution is -0.115. The summed E-state index contributed by atoms with van der Waals surface area (Å²) in [4.78, 5) is 12.0. The summed E-state index contributed by atoms with van der Waals surface area (Å²) in [5.74, 6) is 0.382. The van der Waals surface area contributed by atoms with Gasteiger partial charge < -0.3 is 10.1 Å². The molecule has 24 heavy (non-hydrogen) atoms. The SMILES string of the molecule is COc1ccccc1/C=C/C(=O)NC(=S)Nc1ccc(C)cc1Br. The molecular weight excluding hydrogens is 388 g/mol. The number of nitrogens with one attached hydrogen (secondary N) is 2. The smallest absolute Gasteiger partial charge is 0.250 e. The van der Waals surface area contributed by atoms with Crippen LogP contribution in [0.3, 0.4) is 0 Å². The fourth-order valence-corrected chi connectivity index (χ4v) is 2.80. The largest absolute Gasteiger partial charge is 0.496 e. The Morgan fingerprint density at radius 3 is 2.71 bits per heavy atom. The van der Waals surface area contributed by atoms with Gasteiger partial charge in [0.25, 0.3) is 0 Å². The lowest BCUT2D eigenvalue weighted by atomic mass is 10.2. The summed E-state index contributed by atoms with van der Waals surface area (Å²) in [5, 5.41) is 5.82. The molecule has 0 spiro atoms. The second-order valence-electron chi connectivity index (χ2n) is 5.00. The van der Waals surface area contributed by atoms with Gasteiger partial charge in [-0.05, 0) is 64.9 Å². The van der Waals surface area contributed by atoms with Gasteiger partial charge in [-0.3, -0.25) is 10.1 Å². The third-order valence-electron chi connectivity index (χ3n) is 3.16. The molecule has 0 fully saturated rings. The molecule has 0 bridgehead atoms. The number of para-hydroxylation sites is 1. The molecule has 0 aliphatic carbocycles. The van der Waals surface area contributed by atoms with Crippen molar-refractivity contribution in [3.8, 4) is 5.75 Å². The molecule has 0 radical (unpaired) electrons. The molecule has 0 saturated heterocycles. The second-order valence-corrected chi connectivity index (χ2v) is 6.26. The molecule has 2 N–H and O–H groups in total. The fraction of sp³-hybridized carbons (Fsp3) is 0.111. The van der Waals surface area contributed by atoms with Gasteiger partial charge in [0.15, 0.2) is 5.11 Å². The van der Waals surface area contributed by atoms with Gasteiger partial charge in [-0.1, -0.05) is 24.3 Å². The number of aryl methyl sites for hydroxylation is 1. The highest BCUT2D eigenvalue weighted by Crippen LogP contribution is 2.23. The molecule has 6 heteroatoms. The van der Waals surface area contributed by atoms with E-state index in [1.54, 1.807) is 13.2 Å².